The van der Waals surface area contributed by atoms with Crippen LogP contribution in [0.15, 0.2) is 36.4 Å². The standard InChI is InChI=1S/C20H24N2O3/c1-14(2)16-13-25-20-10-11-21(17(20)12-19(24)22(16)20)18(23)9-8-15-6-4-3-5-7-15/h3-9,14,16-17H,10-13H2,1-2H3/t16-,17+,20-/m0/s1. The van der Waals surface area contributed by atoms with Crippen molar-refractivity contribution in [2.45, 2.75) is 44.5 Å². The van der Waals surface area contributed by atoms with Crippen LogP contribution in [0, 0.1) is 5.92 Å². The number of benzene rings is 1. The predicted molar refractivity (Wildman–Crippen MR) is 94.4 cm³/mol. The highest BCUT2D eigenvalue weighted by atomic mass is 16.5. The number of nitrogens with zero attached hydrogens (tertiary/aromatic N) is 2. The van der Waals surface area contributed by atoms with Crippen molar-refractivity contribution < 1.29 is 14.3 Å². The molecular weight excluding hydrogens is 316 g/mol. The van der Waals surface area contributed by atoms with Crippen LogP contribution >= 0.6 is 0 Å². The van der Waals surface area contributed by atoms with E-state index in [1.165, 1.54) is 0 Å². The summed E-state index contributed by atoms with van der Waals surface area (Å²) in [6.45, 7) is 5.45. The molecule has 3 heterocycles. The molecule has 0 saturated carbocycles. The van der Waals surface area contributed by atoms with Crippen molar-refractivity contribution >= 4 is 17.9 Å². The highest BCUT2D eigenvalue weighted by Gasteiger charge is 2.65. The fourth-order valence-electron chi connectivity index (χ4n) is 4.46. The first-order chi connectivity index (χ1) is 12.0. The summed E-state index contributed by atoms with van der Waals surface area (Å²) in [6.07, 6.45) is 4.51. The third-order valence-electron chi connectivity index (χ3n) is 5.76. The molecule has 0 unspecified atom stereocenters. The summed E-state index contributed by atoms with van der Waals surface area (Å²) in [5.41, 5.74) is 0.397. The number of amides is 2. The molecule has 1 spiro atoms. The molecule has 25 heavy (non-hydrogen) atoms. The van der Waals surface area contributed by atoms with Gasteiger partial charge in [-0.15, -0.1) is 0 Å². The molecule has 5 nitrogen and oxygen atoms in total. The van der Waals surface area contributed by atoms with Crippen molar-refractivity contribution in [1.29, 1.82) is 0 Å². The van der Waals surface area contributed by atoms with Crippen LogP contribution in [0.1, 0.15) is 32.3 Å². The Kier molecular flexibility index (Phi) is 3.91. The molecule has 0 aromatic heterocycles. The fraction of sp³-hybridized carbons (Fsp3) is 0.500. The summed E-state index contributed by atoms with van der Waals surface area (Å²) < 4.78 is 6.16. The van der Waals surface area contributed by atoms with E-state index in [-0.39, 0.29) is 23.9 Å². The van der Waals surface area contributed by atoms with Gasteiger partial charge in [0.25, 0.3) is 0 Å². The molecule has 1 aromatic carbocycles. The Hall–Kier alpha value is -2.14. The van der Waals surface area contributed by atoms with E-state index >= 15 is 0 Å². The van der Waals surface area contributed by atoms with Gasteiger partial charge in [-0.25, -0.2) is 0 Å². The van der Waals surface area contributed by atoms with Gasteiger partial charge < -0.3 is 14.5 Å². The molecule has 3 saturated heterocycles. The lowest BCUT2D eigenvalue weighted by Gasteiger charge is -2.34. The van der Waals surface area contributed by atoms with E-state index in [2.05, 4.69) is 13.8 Å². The minimum Gasteiger partial charge on any atom is -0.351 e. The Labute approximate surface area is 148 Å². The molecule has 1 aromatic rings. The number of hydrogen-bond acceptors (Lipinski definition) is 3. The van der Waals surface area contributed by atoms with Crippen LogP contribution in [-0.2, 0) is 14.3 Å². The summed E-state index contributed by atoms with van der Waals surface area (Å²) in [4.78, 5) is 29.1. The second kappa shape index (κ2) is 5.99. The average Bonchev–Trinajstić information content (AvgIpc) is 3.23. The van der Waals surface area contributed by atoms with Gasteiger partial charge in [-0.3, -0.25) is 9.59 Å². The van der Waals surface area contributed by atoms with Crippen LogP contribution < -0.4 is 0 Å². The van der Waals surface area contributed by atoms with Crippen molar-refractivity contribution in [3.8, 4) is 0 Å². The first-order valence-corrected chi connectivity index (χ1v) is 9.03. The molecule has 3 atom stereocenters. The topological polar surface area (TPSA) is 49.9 Å². The molecule has 4 rings (SSSR count). The number of hydrogen-bond donors (Lipinski definition) is 0. The maximum atomic E-state index is 12.7. The van der Waals surface area contributed by atoms with Crippen molar-refractivity contribution in [3.63, 3.8) is 0 Å². The van der Waals surface area contributed by atoms with E-state index in [1.54, 1.807) is 6.08 Å². The highest BCUT2D eigenvalue weighted by molar-refractivity contribution is 5.93. The van der Waals surface area contributed by atoms with Crippen LogP contribution in [0.4, 0.5) is 0 Å². The van der Waals surface area contributed by atoms with E-state index in [0.29, 0.717) is 31.9 Å². The molecule has 0 bridgehead atoms. The number of carbonyl (C=O) groups is 2. The largest absolute Gasteiger partial charge is 0.351 e. The van der Waals surface area contributed by atoms with Crippen molar-refractivity contribution in [3.05, 3.63) is 42.0 Å². The van der Waals surface area contributed by atoms with Gasteiger partial charge in [0.2, 0.25) is 11.8 Å². The van der Waals surface area contributed by atoms with Crippen LogP contribution in [0.3, 0.4) is 0 Å². The Morgan fingerprint density at radius 2 is 2.08 bits per heavy atom. The summed E-state index contributed by atoms with van der Waals surface area (Å²) in [5.74, 6) is 0.424. The minimum atomic E-state index is -0.595. The zero-order valence-corrected chi connectivity index (χ0v) is 14.7. The molecule has 132 valence electrons. The third-order valence-corrected chi connectivity index (χ3v) is 5.76. The van der Waals surface area contributed by atoms with Crippen LogP contribution in [0.5, 0.6) is 0 Å². The zero-order valence-electron chi connectivity index (χ0n) is 14.7. The van der Waals surface area contributed by atoms with Crippen molar-refractivity contribution in [2.75, 3.05) is 13.2 Å². The summed E-state index contributed by atoms with van der Waals surface area (Å²) >= 11 is 0. The maximum absolute atomic E-state index is 12.7. The number of likely N-dealkylation sites (tertiary alicyclic amines) is 1. The third kappa shape index (κ3) is 2.49. The first-order valence-electron chi connectivity index (χ1n) is 9.03. The lowest BCUT2D eigenvalue weighted by molar-refractivity contribution is -0.140. The van der Waals surface area contributed by atoms with Gasteiger partial charge in [0.15, 0.2) is 5.72 Å². The van der Waals surface area contributed by atoms with Gasteiger partial charge >= 0.3 is 0 Å². The van der Waals surface area contributed by atoms with Gasteiger partial charge in [-0.1, -0.05) is 44.2 Å². The number of carbonyl (C=O) groups excluding carboxylic acids is 2. The molecule has 2 amide bonds. The molecule has 3 aliphatic rings. The Bertz CT molecular complexity index is 715. The zero-order chi connectivity index (χ0) is 17.6. The smallest absolute Gasteiger partial charge is 0.247 e. The SMILES string of the molecule is CC(C)[C@@H]1CO[C@@]23CCN(C(=O)C=Cc4ccccc4)[C@@H]2CC(=O)N13. The van der Waals surface area contributed by atoms with Crippen molar-refractivity contribution in [1.82, 2.24) is 9.80 Å². The molecule has 0 aliphatic carbocycles. The van der Waals surface area contributed by atoms with Crippen LogP contribution in [0.25, 0.3) is 6.08 Å². The molecular formula is C20H24N2O3. The fourth-order valence-corrected chi connectivity index (χ4v) is 4.46. The van der Waals surface area contributed by atoms with E-state index in [9.17, 15) is 9.59 Å². The van der Waals surface area contributed by atoms with Crippen LogP contribution in [0.2, 0.25) is 0 Å². The van der Waals surface area contributed by atoms with E-state index in [1.807, 2.05) is 46.2 Å². The van der Waals surface area contributed by atoms with Crippen molar-refractivity contribution in [2.24, 2.45) is 5.92 Å². The van der Waals surface area contributed by atoms with E-state index in [0.717, 1.165) is 5.56 Å². The molecule has 0 radical (unpaired) electrons. The number of rotatable bonds is 3. The highest BCUT2D eigenvalue weighted by Crippen LogP contribution is 2.48. The Morgan fingerprint density at radius 3 is 2.80 bits per heavy atom. The van der Waals surface area contributed by atoms with E-state index < -0.39 is 5.72 Å². The molecule has 3 fully saturated rings. The second-order valence-electron chi connectivity index (χ2n) is 7.48. The molecule has 5 heteroatoms. The summed E-state index contributed by atoms with van der Waals surface area (Å²) in [7, 11) is 0. The van der Waals surface area contributed by atoms with Gasteiger partial charge in [-0.2, -0.15) is 0 Å². The maximum Gasteiger partial charge on any atom is 0.247 e. The average molecular weight is 340 g/mol. The quantitative estimate of drug-likeness (QED) is 0.793. The lowest BCUT2D eigenvalue weighted by Crippen LogP contribution is -2.51. The summed E-state index contributed by atoms with van der Waals surface area (Å²) in [5, 5.41) is 0. The Balaban J connectivity index is 1.54. The molecule has 0 N–H and O–H groups in total. The lowest BCUT2D eigenvalue weighted by atomic mass is 10.0. The van der Waals surface area contributed by atoms with Gasteiger partial charge in [0.05, 0.1) is 25.1 Å². The van der Waals surface area contributed by atoms with Gasteiger partial charge in [0.1, 0.15) is 0 Å². The monoisotopic (exact) mass is 340 g/mol. The first kappa shape index (κ1) is 16.3. The predicted octanol–water partition coefficient (Wildman–Crippen LogP) is 2.28. The van der Waals surface area contributed by atoms with Crippen LogP contribution in [-0.4, -0.2) is 52.6 Å². The Morgan fingerprint density at radius 1 is 1.32 bits per heavy atom. The minimum absolute atomic E-state index is 0.0445. The summed E-state index contributed by atoms with van der Waals surface area (Å²) in [6, 6.07) is 9.71. The normalized spacial score (nSPS) is 31.2. The van der Waals surface area contributed by atoms with Gasteiger partial charge in [0, 0.05) is 19.0 Å². The van der Waals surface area contributed by atoms with Gasteiger partial charge in [-0.05, 0) is 17.6 Å². The number of ether oxygens (including phenoxy) is 1. The molecule has 3 aliphatic heterocycles. The second-order valence-corrected chi connectivity index (χ2v) is 7.48. The van der Waals surface area contributed by atoms with E-state index in [4.69, 9.17) is 4.74 Å².